The fourth-order valence-electron chi connectivity index (χ4n) is 6.13. The van der Waals surface area contributed by atoms with Crippen LogP contribution in [0.2, 0.25) is 19.6 Å². The monoisotopic (exact) mass is 831 g/mol. The summed E-state index contributed by atoms with van der Waals surface area (Å²) in [6.07, 6.45) is 2.04. The smallest absolute Gasteiger partial charge is 0.143 e. The van der Waals surface area contributed by atoms with Gasteiger partial charge in [0.1, 0.15) is 11.6 Å². The first kappa shape index (κ1) is 35.5. The molecule has 0 aliphatic rings. The van der Waals surface area contributed by atoms with Crippen LogP contribution in [0.15, 0.2) is 91.1 Å². The van der Waals surface area contributed by atoms with Crippen molar-refractivity contribution in [3.63, 3.8) is 0 Å². The molecule has 0 saturated carbocycles. The number of hydrogen-bond donors (Lipinski definition) is 1. The van der Waals surface area contributed by atoms with E-state index in [0.29, 0.717) is 5.75 Å². The topological polar surface area (TPSA) is 50.9 Å². The number of phenols is 1. The van der Waals surface area contributed by atoms with E-state index in [9.17, 15) is 5.11 Å². The van der Waals surface area contributed by atoms with E-state index in [2.05, 4.69) is 151 Å². The predicted molar refractivity (Wildman–Crippen MR) is 201 cm³/mol. The van der Waals surface area contributed by atoms with Crippen molar-refractivity contribution in [2.45, 2.75) is 72.0 Å². The van der Waals surface area contributed by atoms with E-state index in [1.165, 1.54) is 10.8 Å². The summed E-state index contributed by atoms with van der Waals surface area (Å²) in [7, 11) is 0.556. The first-order valence-electron chi connectivity index (χ1n) is 16.5. The van der Waals surface area contributed by atoms with E-state index >= 15 is 0 Å². The number of para-hydroxylation sites is 1. The van der Waals surface area contributed by atoms with Gasteiger partial charge in [-0.25, -0.2) is 4.98 Å². The number of phenolic OH excluding ortho intramolecular Hbond substituents is 1. The van der Waals surface area contributed by atoms with Crippen LogP contribution < -0.4 is 5.19 Å². The SMILES string of the molecule is Cn1c(-c2cc(C(C)(C)C)cc(C(C)(C)C)c2O)nc2c(-c3[c-]c(-c4ccc([Si](C)(C)C)cn4)cc(-c4ccccc4)c3)cccc21.[Pt]. The van der Waals surface area contributed by atoms with Gasteiger partial charge in [0.15, 0.2) is 0 Å². The van der Waals surface area contributed by atoms with Crippen LogP contribution in [-0.2, 0) is 38.9 Å². The minimum atomic E-state index is -1.48. The average molecular weight is 832 g/mol. The molecule has 0 unspecified atom stereocenters. The Kier molecular flexibility index (Phi) is 9.55. The van der Waals surface area contributed by atoms with Crippen molar-refractivity contribution in [2.24, 2.45) is 7.05 Å². The maximum Gasteiger partial charge on any atom is 0.143 e. The molecule has 0 amide bonds. The van der Waals surface area contributed by atoms with Crippen LogP contribution >= 0.6 is 0 Å². The minimum absolute atomic E-state index is 0. The first-order valence-corrected chi connectivity index (χ1v) is 20.0. The zero-order valence-corrected chi connectivity index (χ0v) is 33.0. The number of rotatable bonds is 5. The maximum absolute atomic E-state index is 11.7. The molecule has 6 rings (SSSR count). The Bertz CT molecular complexity index is 2100. The Morgan fingerprint density at radius 3 is 2.02 bits per heavy atom. The van der Waals surface area contributed by atoms with E-state index in [1.807, 2.05) is 19.3 Å². The molecule has 2 heterocycles. The second-order valence-electron chi connectivity index (χ2n) is 15.8. The Morgan fingerprint density at radius 2 is 1.42 bits per heavy atom. The molecule has 48 heavy (non-hydrogen) atoms. The molecule has 0 aliphatic carbocycles. The second kappa shape index (κ2) is 12.9. The van der Waals surface area contributed by atoms with Crippen molar-refractivity contribution in [1.82, 2.24) is 14.5 Å². The fourth-order valence-corrected chi connectivity index (χ4v) is 7.16. The van der Waals surface area contributed by atoms with Crippen molar-refractivity contribution >= 4 is 24.3 Å². The van der Waals surface area contributed by atoms with E-state index in [1.54, 1.807) is 0 Å². The molecule has 0 spiro atoms. The van der Waals surface area contributed by atoms with E-state index in [4.69, 9.17) is 9.97 Å². The average Bonchev–Trinajstić information content (AvgIpc) is 3.36. The summed E-state index contributed by atoms with van der Waals surface area (Å²) in [4.78, 5) is 10.2. The summed E-state index contributed by atoms with van der Waals surface area (Å²) in [5, 5.41) is 13.1. The number of imidazole rings is 1. The van der Waals surface area contributed by atoms with Gasteiger partial charge in [-0.15, -0.1) is 23.8 Å². The Morgan fingerprint density at radius 1 is 0.729 bits per heavy atom. The molecule has 0 saturated heterocycles. The molecule has 250 valence electrons. The van der Waals surface area contributed by atoms with Crippen LogP contribution in [0.25, 0.3) is 55.9 Å². The zero-order chi connectivity index (χ0) is 33.9. The molecular formula is C42H46N3OPtSi-. The zero-order valence-electron chi connectivity index (χ0n) is 29.8. The van der Waals surface area contributed by atoms with Gasteiger partial charge >= 0.3 is 0 Å². The summed E-state index contributed by atoms with van der Waals surface area (Å²) >= 11 is 0. The van der Waals surface area contributed by atoms with Crippen LogP contribution in [0, 0.1) is 6.07 Å². The summed E-state index contributed by atoms with van der Waals surface area (Å²) in [5.74, 6) is 1.03. The number of benzene rings is 4. The first-order chi connectivity index (χ1) is 22.0. The molecule has 1 N–H and O–H groups in total. The van der Waals surface area contributed by atoms with Crippen LogP contribution in [0.4, 0.5) is 0 Å². The van der Waals surface area contributed by atoms with Gasteiger partial charge in [-0.2, -0.15) is 0 Å². The van der Waals surface area contributed by atoms with Gasteiger partial charge in [0, 0.05) is 45.6 Å². The van der Waals surface area contributed by atoms with Crippen molar-refractivity contribution in [1.29, 1.82) is 0 Å². The summed E-state index contributed by atoms with van der Waals surface area (Å²) < 4.78 is 2.10. The van der Waals surface area contributed by atoms with Gasteiger partial charge in [-0.3, -0.25) is 4.98 Å². The molecule has 0 fully saturated rings. The van der Waals surface area contributed by atoms with Gasteiger partial charge in [-0.05, 0) is 39.3 Å². The molecule has 0 bridgehead atoms. The summed E-state index contributed by atoms with van der Waals surface area (Å²) in [6, 6.07) is 33.5. The van der Waals surface area contributed by atoms with Crippen LogP contribution in [0.1, 0.15) is 52.7 Å². The van der Waals surface area contributed by atoms with Gasteiger partial charge in [-0.1, -0.05) is 139 Å². The number of fused-ring (bicyclic) bond motifs is 1. The standard InChI is InChI=1S/C42H46N3OSi.Pt/c1-41(2,3)31-24-34(39(46)35(25-31)42(4,5)6)40-44-38-33(17-14-18-37(38)45(40)7)29-21-28(27-15-12-11-13-16-27)22-30(23-29)36-20-19-32(26-43-36)47(8,9)10;/h11-22,24-26,46H,1-10H3;/q-1;. The molecule has 0 aliphatic heterocycles. The van der Waals surface area contributed by atoms with Gasteiger partial charge in [0.05, 0.1) is 24.7 Å². The van der Waals surface area contributed by atoms with Crippen LogP contribution in [-0.4, -0.2) is 27.7 Å². The van der Waals surface area contributed by atoms with Crippen molar-refractivity contribution in [3.8, 4) is 50.6 Å². The third-order valence-corrected chi connectivity index (χ3v) is 11.1. The molecule has 4 nitrogen and oxygen atoms in total. The number of aryl methyl sites for hydroxylation is 1. The molecule has 6 heteroatoms. The molecule has 0 atom stereocenters. The molecule has 6 aromatic rings. The molecule has 4 aromatic carbocycles. The number of pyridine rings is 1. The minimum Gasteiger partial charge on any atom is -0.507 e. The Hall–Kier alpha value is -3.79. The molecule has 0 radical (unpaired) electrons. The number of aromatic nitrogens is 3. The van der Waals surface area contributed by atoms with E-state index in [0.717, 1.165) is 61.5 Å². The quantitative estimate of drug-likeness (QED) is 0.139. The van der Waals surface area contributed by atoms with Crippen molar-refractivity contribution in [3.05, 3.63) is 108 Å². The largest absolute Gasteiger partial charge is 0.507 e. The number of aromatic hydroxyl groups is 1. The van der Waals surface area contributed by atoms with Gasteiger partial charge < -0.3 is 9.67 Å². The van der Waals surface area contributed by atoms with E-state index in [-0.39, 0.29) is 31.9 Å². The van der Waals surface area contributed by atoms with Crippen molar-refractivity contribution in [2.75, 3.05) is 0 Å². The van der Waals surface area contributed by atoms with Gasteiger partial charge in [0.2, 0.25) is 0 Å². The summed E-state index contributed by atoms with van der Waals surface area (Å²) in [6.45, 7) is 20.1. The maximum atomic E-state index is 11.7. The third-order valence-electron chi connectivity index (χ3n) is 9.11. The van der Waals surface area contributed by atoms with Crippen LogP contribution in [0.3, 0.4) is 0 Å². The van der Waals surface area contributed by atoms with E-state index < -0.39 is 8.07 Å². The van der Waals surface area contributed by atoms with Crippen molar-refractivity contribution < 1.29 is 26.2 Å². The van der Waals surface area contributed by atoms with Crippen LogP contribution in [0.5, 0.6) is 5.75 Å². The number of nitrogens with zero attached hydrogens (tertiary/aromatic N) is 3. The third kappa shape index (κ3) is 6.86. The fraction of sp³-hybridized carbons (Fsp3) is 0.286. The Labute approximate surface area is 301 Å². The molecule has 2 aromatic heterocycles. The number of hydrogen-bond acceptors (Lipinski definition) is 3. The predicted octanol–water partition coefficient (Wildman–Crippen LogP) is 10.3. The summed E-state index contributed by atoms with van der Waals surface area (Å²) in [5.41, 5.74) is 10.4. The normalized spacial score (nSPS) is 12.3. The second-order valence-corrected chi connectivity index (χ2v) is 20.9. The molecular weight excluding hydrogens is 786 g/mol. The van der Waals surface area contributed by atoms with Gasteiger partial charge in [0.25, 0.3) is 0 Å². The Balaban J connectivity index is 0.00000451.